The van der Waals surface area contributed by atoms with Crippen molar-refractivity contribution in [3.05, 3.63) is 0 Å². The van der Waals surface area contributed by atoms with Crippen LogP contribution in [0.25, 0.3) is 0 Å². The van der Waals surface area contributed by atoms with Gasteiger partial charge in [0.25, 0.3) is 0 Å². The second kappa shape index (κ2) is 8.32. The number of hydrogen-bond acceptors (Lipinski definition) is 4. The highest BCUT2D eigenvalue weighted by atomic mass is 16.5. The Morgan fingerprint density at radius 2 is 2.06 bits per heavy atom. The van der Waals surface area contributed by atoms with Crippen molar-refractivity contribution in [1.29, 1.82) is 0 Å². The summed E-state index contributed by atoms with van der Waals surface area (Å²) >= 11 is 0. The van der Waals surface area contributed by atoms with E-state index in [-0.39, 0.29) is 6.03 Å². The van der Waals surface area contributed by atoms with Crippen LogP contribution in [-0.4, -0.2) is 70.7 Å². The lowest BCUT2D eigenvalue weighted by molar-refractivity contribution is 0.0508. The Morgan fingerprint density at radius 1 is 1.31 bits per heavy atom. The van der Waals surface area contributed by atoms with E-state index in [4.69, 9.17) is 14.2 Å². The van der Waals surface area contributed by atoms with Gasteiger partial charge in [0, 0.05) is 26.7 Å². The maximum Gasteiger partial charge on any atom is 0.317 e. The minimum Gasteiger partial charge on any atom is -0.382 e. The summed E-state index contributed by atoms with van der Waals surface area (Å²) in [5.74, 6) is 0. The molecule has 0 unspecified atom stereocenters. The Balaban J connectivity index is 1.97. The Kier molecular flexibility index (Phi) is 6.87. The van der Waals surface area contributed by atoms with Crippen LogP contribution in [0.2, 0.25) is 0 Å². The molecule has 94 valence electrons. The zero-order valence-electron chi connectivity index (χ0n) is 9.74. The van der Waals surface area contributed by atoms with Gasteiger partial charge in [-0.05, 0) is 0 Å². The molecule has 0 spiro atoms. The van der Waals surface area contributed by atoms with Crippen LogP contribution >= 0.6 is 0 Å². The van der Waals surface area contributed by atoms with Crippen LogP contribution in [0.3, 0.4) is 0 Å². The SMILES string of the molecule is COCCOCCNC(=O)N1CCOCC1. The largest absolute Gasteiger partial charge is 0.382 e. The highest BCUT2D eigenvalue weighted by molar-refractivity contribution is 5.74. The number of amides is 2. The first kappa shape index (κ1) is 13.2. The summed E-state index contributed by atoms with van der Waals surface area (Å²) in [6, 6.07) is -0.0429. The van der Waals surface area contributed by atoms with Crippen molar-refractivity contribution in [3.63, 3.8) is 0 Å². The summed E-state index contributed by atoms with van der Waals surface area (Å²) in [4.78, 5) is 13.3. The predicted octanol–water partition coefficient (Wildman–Crippen LogP) is -0.309. The number of carbonyl (C=O) groups is 1. The Labute approximate surface area is 95.8 Å². The highest BCUT2D eigenvalue weighted by Crippen LogP contribution is 1.96. The molecule has 0 radical (unpaired) electrons. The molecule has 0 aromatic rings. The van der Waals surface area contributed by atoms with Gasteiger partial charge in [0.1, 0.15) is 0 Å². The summed E-state index contributed by atoms with van der Waals surface area (Å²) in [7, 11) is 1.63. The summed E-state index contributed by atoms with van der Waals surface area (Å²) in [5, 5.41) is 2.79. The molecule has 0 saturated carbocycles. The van der Waals surface area contributed by atoms with Crippen molar-refractivity contribution < 1.29 is 19.0 Å². The lowest BCUT2D eigenvalue weighted by atomic mass is 10.4. The molecular formula is C10H20N2O4. The second-order valence-corrected chi connectivity index (χ2v) is 3.44. The smallest absolute Gasteiger partial charge is 0.317 e. The molecule has 1 fully saturated rings. The molecule has 1 N–H and O–H groups in total. The van der Waals surface area contributed by atoms with Crippen molar-refractivity contribution in [2.24, 2.45) is 0 Å². The second-order valence-electron chi connectivity index (χ2n) is 3.44. The molecule has 1 aliphatic heterocycles. The van der Waals surface area contributed by atoms with E-state index < -0.39 is 0 Å². The van der Waals surface area contributed by atoms with Crippen molar-refractivity contribution in [2.75, 3.05) is 59.8 Å². The molecule has 1 aliphatic rings. The standard InChI is InChI=1S/C10H20N2O4/c1-14-8-9-15-5-2-11-10(13)12-3-6-16-7-4-12/h2-9H2,1H3,(H,11,13). The average molecular weight is 232 g/mol. The maximum atomic E-state index is 11.6. The van der Waals surface area contributed by atoms with Crippen LogP contribution in [0.5, 0.6) is 0 Å². The number of nitrogens with one attached hydrogen (secondary N) is 1. The van der Waals surface area contributed by atoms with Gasteiger partial charge < -0.3 is 24.4 Å². The van der Waals surface area contributed by atoms with Crippen LogP contribution in [-0.2, 0) is 14.2 Å². The van der Waals surface area contributed by atoms with Gasteiger partial charge in [-0.3, -0.25) is 0 Å². The first-order valence-electron chi connectivity index (χ1n) is 5.52. The number of morpholine rings is 1. The predicted molar refractivity (Wildman–Crippen MR) is 58.5 cm³/mol. The third-order valence-electron chi connectivity index (χ3n) is 2.25. The quantitative estimate of drug-likeness (QED) is 0.638. The van der Waals surface area contributed by atoms with Crippen LogP contribution in [0, 0.1) is 0 Å². The van der Waals surface area contributed by atoms with Gasteiger partial charge in [-0.1, -0.05) is 0 Å². The molecule has 0 atom stereocenters. The molecular weight excluding hydrogens is 212 g/mol. The van der Waals surface area contributed by atoms with Crippen molar-refractivity contribution in [3.8, 4) is 0 Å². The summed E-state index contributed by atoms with van der Waals surface area (Å²) < 4.78 is 15.2. The molecule has 2 amide bonds. The lowest BCUT2D eigenvalue weighted by Gasteiger charge is -2.26. The number of carbonyl (C=O) groups excluding carboxylic acids is 1. The third kappa shape index (κ3) is 5.29. The molecule has 1 rings (SSSR count). The zero-order chi connectivity index (χ0) is 11.6. The fraction of sp³-hybridized carbons (Fsp3) is 0.900. The third-order valence-corrected chi connectivity index (χ3v) is 2.25. The number of urea groups is 1. The number of rotatable bonds is 6. The van der Waals surface area contributed by atoms with E-state index in [9.17, 15) is 4.79 Å². The van der Waals surface area contributed by atoms with E-state index in [1.165, 1.54) is 0 Å². The monoisotopic (exact) mass is 232 g/mol. The summed E-state index contributed by atoms with van der Waals surface area (Å²) in [6.07, 6.45) is 0. The van der Waals surface area contributed by atoms with Crippen LogP contribution < -0.4 is 5.32 Å². The molecule has 0 aromatic carbocycles. The number of methoxy groups -OCH3 is 1. The average Bonchev–Trinajstić information content (AvgIpc) is 2.34. The van der Waals surface area contributed by atoms with Gasteiger partial charge in [0.15, 0.2) is 0 Å². The van der Waals surface area contributed by atoms with Crippen molar-refractivity contribution in [1.82, 2.24) is 10.2 Å². The summed E-state index contributed by atoms with van der Waals surface area (Å²) in [5.41, 5.74) is 0. The van der Waals surface area contributed by atoms with Crippen LogP contribution in [0.15, 0.2) is 0 Å². The topological polar surface area (TPSA) is 60.0 Å². The fourth-order valence-corrected chi connectivity index (χ4v) is 1.35. The molecule has 6 nitrogen and oxygen atoms in total. The first-order chi connectivity index (χ1) is 7.84. The van der Waals surface area contributed by atoms with Gasteiger partial charge in [-0.2, -0.15) is 0 Å². The van der Waals surface area contributed by atoms with E-state index in [1.54, 1.807) is 12.0 Å². The van der Waals surface area contributed by atoms with E-state index >= 15 is 0 Å². The van der Waals surface area contributed by atoms with Gasteiger partial charge >= 0.3 is 6.03 Å². The van der Waals surface area contributed by atoms with E-state index in [0.717, 1.165) is 0 Å². The van der Waals surface area contributed by atoms with Crippen LogP contribution in [0.4, 0.5) is 4.79 Å². The summed E-state index contributed by atoms with van der Waals surface area (Å²) in [6.45, 7) is 4.75. The van der Waals surface area contributed by atoms with E-state index in [0.29, 0.717) is 52.7 Å². The molecule has 6 heteroatoms. The van der Waals surface area contributed by atoms with Gasteiger partial charge in [-0.25, -0.2) is 4.79 Å². The van der Waals surface area contributed by atoms with Crippen LogP contribution in [0.1, 0.15) is 0 Å². The highest BCUT2D eigenvalue weighted by Gasteiger charge is 2.15. The maximum absolute atomic E-state index is 11.6. The molecule has 1 saturated heterocycles. The molecule has 0 aromatic heterocycles. The Bertz CT molecular complexity index is 195. The normalized spacial score (nSPS) is 16.2. The molecule has 0 aliphatic carbocycles. The molecule has 0 bridgehead atoms. The van der Waals surface area contributed by atoms with Crippen molar-refractivity contribution >= 4 is 6.03 Å². The Hall–Kier alpha value is -0.850. The number of ether oxygens (including phenoxy) is 3. The first-order valence-corrected chi connectivity index (χ1v) is 5.52. The number of nitrogens with zero attached hydrogens (tertiary/aromatic N) is 1. The minimum atomic E-state index is -0.0429. The molecule has 1 heterocycles. The van der Waals surface area contributed by atoms with E-state index in [1.807, 2.05) is 0 Å². The zero-order valence-corrected chi connectivity index (χ0v) is 9.74. The van der Waals surface area contributed by atoms with Crippen molar-refractivity contribution in [2.45, 2.75) is 0 Å². The van der Waals surface area contributed by atoms with Gasteiger partial charge in [0.2, 0.25) is 0 Å². The van der Waals surface area contributed by atoms with E-state index in [2.05, 4.69) is 5.32 Å². The molecule has 16 heavy (non-hydrogen) atoms. The fourth-order valence-electron chi connectivity index (χ4n) is 1.35. The lowest BCUT2D eigenvalue weighted by Crippen LogP contribution is -2.46. The van der Waals surface area contributed by atoms with Gasteiger partial charge in [-0.15, -0.1) is 0 Å². The minimum absolute atomic E-state index is 0.0429. The number of hydrogen-bond donors (Lipinski definition) is 1. The van der Waals surface area contributed by atoms with Gasteiger partial charge in [0.05, 0.1) is 33.0 Å². The Morgan fingerprint density at radius 3 is 2.75 bits per heavy atom.